The molecule has 4 rings (SSSR count). The molecule has 174 valence electrons. The number of carbonyl (C=O) groups excluding carboxylic acids is 1. The van der Waals surface area contributed by atoms with Gasteiger partial charge in [0.05, 0.1) is 24.4 Å². The largest absolute Gasteiger partial charge is 0.394 e. The number of aromatic nitrogens is 3. The van der Waals surface area contributed by atoms with Crippen molar-refractivity contribution in [1.82, 2.24) is 20.1 Å². The molecule has 0 spiro atoms. The Hall–Kier alpha value is -4.04. The summed E-state index contributed by atoms with van der Waals surface area (Å²) in [4.78, 5) is 17.0. The Balaban J connectivity index is 1.60. The zero-order valence-corrected chi connectivity index (χ0v) is 18.9. The molecule has 0 aliphatic rings. The van der Waals surface area contributed by atoms with Gasteiger partial charge in [-0.05, 0) is 43.2 Å². The molecule has 0 aliphatic heterocycles. The number of nitrogens with zero attached hydrogens (tertiary/aromatic N) is 3. The molecule has 34 heavy (non-hydrogen) atoms. The summed E-state index contributed by atoms with van der Waals surface area (Å²) in [5.41, 5.74) is 9.41. The Morgan fingerprint density at radius 2 is 1.85 bits per heavy atom. The molecule has 2 aromatic carbocycles. The maximum absolute atomic E-state index is 15.0. The van der Waals surface area contributed by atoms with Gasteiger partial charge in [-0.25, -0.2) is 9.37 Å². The molecular weight excluding hydrogens is 433 g/mol. The lowest BCUT2D eigenvalue weighted by Gasteiger charge is -2.17. The van der Waals surface area contributed by atoms with Gasteiger partial charge in [0, 0.05) is 35.1 Å². The first kappa shape index (κ1) is 23.1. The van der Waals surface area contributed by atoms with Gasteiger partial charge in [0.1, 0.15) is 11.6 Å². The third-order valence-electron chi connectivity index (χ3n) is 5.60. The van der Waals surface area contributed by atoms with E-state index in [9.17, 15) is 14.3 Å². The second kappa shape index (κ2) is 9.84. The molecule has 4 aromatic rings. The minimum absolute atomic E-state index is 0.126. The third-order valence-corrected chi connectivity index (χ3v) is 5.60. The first-order valence-corrected chi connectivity index (χ1v) is 10.9. The van der Waals surface area contributed by atoms with Crippen molar-refractivity contribution in [1.29, 1.82) is 0 Å². The fourth-order valence-electron chi connectivity index (χ4n) is 3.66. The van der Waals surface area contributed by atoms with E-state index in [0.29, 0.717) is 11.1 Å². The number of carbonyl (C=O) groups is 1. The van der Waals surface area contributed by atoms with E-state index in [0.717, 1.165) is 16.7 Å². The van der Waals surface area contributed by atoms with Crippen LogP contribution in [0.4, 0.5) is 10.2 Å². The number of nitrogen functional groups attached to an aromatic ring is 1. The lowest BCUT2D eigenvalue weighted by Crippen LogP contribution is -2.31. The summed E-state index contributed by atoms with van der Waals surface area (Å²) in [7, 11) is 0. The van der Waals surface area contributed by atoms with Crippen molar-refractivity contribution in [3.63, 3.8) is 0 Å². The molecule has 0 saturated heterocycles. The minimum atomic E-state index is -0.697. The van der Waals surface area contributed by atoms with Gasteiger partial charge in [-0.15, -0.1) is 0 Å². The molecule has 0 saturated carbocycles. The predicted octanol–water partition coefficient (Wildman–Crippen LogP) is 4.38. The number of nitrogens with one attached hydrogen (secondary N) is 1. The maximum atomic E-state index is 15.0. The quantitative estimate of drug-likeness (QED) is 0.380. The van der Waals surface area contributed by atoms with E-state index in [1.807, 2.05) is 36.9 Å². The molecule has 0 aliphatic carbocycles. The number of amides is 1. The summed E-state index contributed by atoms with van der Waals surface area (Å²) in [5, 5.41) is 16.7. The Morgan fingerprint density at radius 1 is 1.09 bits per heavy atom. The van der Waals surface area contributed by atoms with Crippen LogP contribution in [0.5, 0.6) is 0 Å². The molecule has 0 radical (unpaired) electrons. The minimum Gasteiger partial charge on any atom is -0.394 e. The number of benzene rings is 2. The van der Waals surface area contributed by atoms with Crippen LogP contribution in [0.15, 0.2) is 73.2 Å². The number of hydrogen-bond acceptors (Lipinski definition) is 5. The average molecular weight is 460 g/mol. The number of anilines is 1. The van der Waals surface area contributed by atoms with E-state index in [1.165, 1.54) is 12.1 Å². The second-order valence-corrected chi connectivity index (χ2v) is 8.27. The number of aliphatic hydroxyl groups is 1. The van der Waals surface area contributed by atoms with Gasteiger partial charge in [0.25, 0.3) is 5.91 Å². The zero-order valence-electron chi connectivity index (χ0n) is 18.9. The standard InChI is InChI=1S/C26H26FN5O2/c1-16(2)32-14-20(13-30-32)19-10-22(25(28)29-12-19)18-8-9-21(23(27)11-18)26(34)31-24(15-33)17-6-4-3-5-7-17/h3-14,16,24,33H,15H2,1-2H3,(H2,28,29)(H,31,34). The van der Waals surface area contributed by atoms with E-state index >= 15 is 0 Å². The lowest BCUT2D eigenvalue weighted by molar-refractivity contribution is 0.0912. The average Bonchev–Trinajstić information content (AvgIpc) is 3.34. The number of aliphatic hydroxyl groups excluding tert-OH is 1. The van der Waals surface area contributed by atoms with Crippen molar-refractivity contribution < 1.29 is 14.3 Å². The van der Waals surface area contributed by atoms with Crippen molar-refractivity contribution in [3.8, 4) is 22.3 Å². The van der Waals surface area contributed by atoms with E-state index < -0.39 is 17.8 Å². The molecule has 4 N–H and O–H groups in total. The third kappa shape index (κ3) is 4.82. The molecular formula is C26H26FN5O2. The van der Waals surface area contributed by atoms with Crippen molar-refractivity contribution in [3.05, 3.63) is 90.1 Å². The van der Waals surface area contributed by atoms with Crippen LogP contribution in [0, 0.1) is 5.82 Å². The van der Waals surface area contributed by atoms with Crippen LogP contribution in [-0.4, -0.2) is 32.4 Å². The summed E-state index contributed by atoms with van der Waals surface area (Å²) in [5.74, 6) is -1.06. The van der Waals surface area contributed by atoms with Crippen LogP contribution >= 0.6 is 0 Å². The summed E-state index contributed by atoms with van der Waals surface area (Å²) in [6, 6.07) is 14.7. The van der Waals surface area contributed by atoms with Crippen molar-refractivity contribution in [2.45, 2.75) is 25.9 Å². The number of nitrogens with two attached hydrogens (primary N) is 1. The van der Waals surface area contributed by atoms with E-state index in [-0.39, 0.29) is 24.0 Å². The number of pyridine rings is 1. The van der Waals surface area contributed by atoms with Crippen molar-refractivity contribution >= 4 is 11.7 Å². The molecule has 2 aromatic heterocycles. The molecule has 1 amide bonds. The second-order valence-electron chi connectivity index (χ2n) is 8.27. The summed E-state index contributed by atoms with van der Waals surface area (Å²) < 4.78 is 16.8. The highest BCUT2D eigenvalue weighted by Gasteiger charge is 2.19. The van der Waals surface area contributed by atoms with Crippen LogP contribution in [0.25, 0.3) is 22.3 Å². The van der Waals surface area contributed by atoms with Crippen LogP contribution in [0.1, 0.15) is 41.9 Å². The van der Waals surface area contributed by atoms with Gasteiger partial charge in [-0.1, -0.05) is 36.4 Å². The van der Waals surface area contributed by atoms with Gasteiger partial charge in [0.15, 0.2) is 0 Å². The van der Waals surface area contributed by atoms with Crippen LogP contribution in [0.3, 0.4) is 0 Å². The highest BCUT2D eigenvalue weighted by Crippen LogP contribution is 2.31. The Bertz CT molecular complexity index is 1300. The number of halogens is 1. The van der Waals surface area contributed by atoms with Crippen molar-refractivity contribution in [2.75, 3.05) is 12.3 Å². The van der Waals surface area contributed by atoms with Gasteiger partial charge >= 0.3 is 0 Å². The monoisotopic (exact) mass is 459 g/mol. The van der Waals surface area contributed by atoms with E-state index in [4.69, 9.17) is 5.73 Å². The highest BCUT2D eigenvalue weighted by atomic mass is 19.1. The molecule has 0 bridgehead atoms. The first-order valence-electron chi connectivity index (χ1n) is 10.9. The maximum Gasteiger partial charge on any atom is 0.254 e. The van der Waals surface area contributed by atoms with Gasteiger partial charge in [-0.2, -0.15) is 5.10 Å². The zero-order chi connectivity index (χ0) is 24.2. The molecule has 8 heteroatoms. The van der Waals surface area contributed by atoms with E-state index in [1.54, 1.807) is 42.7 Å². The summed E-state index contributed by atoms with van der Waals surface area (Å²) >= 11 is 0. The summed E-state index contributed by atoms with van der Waals surface area (Å²) in [6.45, 7) is 3.76. The molecule has 7 nitrogen and oxygen atoms in total. The van der Waals surface area contributed by atoms with Gasteiger partial charge < -0.3 is 16.2 Å². The fourth-order valence-corrected chi connectivity index (χ4v) is 3.66. The van der Waals surface area contributed by atoms with Crippen LogP contribution in [-0.2, 0) is 0 Å². The lowest BCUT2D eigenvalue weighted by atomic mass is 10.0. The molecule has 0 fully saturated rings. The highest BCUT2D eigenvalue weighted by molar-refractivity contribution is 5.95. The number of hydrogen-bond donors (Lipinski definition) is 3. The van der Waals surface area contributed by atoms with Gasteiger partial charge in [-0.3, -0.25) is 9.48 Å². The topological polar surface area (TPSA) is 106 Å². The van der Waals surface area contributed by atoms with Crippen LogP contribution in [0.2, 0.25) is 0 Å². The van der Waals surface area contributed by atoms with E-state index in [2.05, 4.69) is 15.4 Å². The van der Waals surface area contributed by atoms with Gasteiger partial charge in [0.2, 0.25) is 0 Å². The Kier molecular flexibility index (Phi) is 6.70. The Morgan fingerprint density at radius 3 is 2.50 bits per heavy atom. The SMILES string of the molecule is CC(C)n1cc(-c2cnc(N)c(-c3ccc(C(=O)NC(CO)c4ccccc4)c(F)c3)c2)cn1. The normalized spacial score (nSPS) is 12.0. The number of rotatable bonds is 7. The molecule has 1 unspecified atom stereocenters. The Labute approximate surface area is 197 Å². The molecule has 1 atom stereocenters. The fraction of sp³-hybridized carbons (Fsp3) is 0.192. The first-order chi connectivity index (χ1) is 16.4. The molecule has 2 heterocycles. The van der Waals surface area contributed by atoms with Crippen LogP contribution < -0.4 is 11.1 Å². The van der Waals surface area contributed by atoms with Crippen molar-refractivity contribution in [2.24, 2.45) is 0 Å². The smallest absolute Gasteiger partial charge is 0.254 e. The predicted molar refractivity (Wildman–Crippen MR) is 129 cm³/mol. The summed E-state index contributed by atoms with van der Waals surface area (Å²) in [6.07, 6.45) is 5.31.